The summed E-state index contributed by atoms with van der Waals surface area (Å²) in [6.07, 6.45) is 1.28. The van der Waals surface area contributed by atoms with Gasteiger partial charge >= 0.3 is 0 Å². The lowest BCUT2D eigenvalue weighted by atomic mass is 9.91. The van der Waals surface area contributed by atoms with Gasteiger partial charge in [-0.2, -0.15) is 0 Å². The zero-order valence-corrected chi connectivity index (χ0v) is 6.67. The Hall–Kier alpha value is -1.10. The number of carbonyl (C=O) groups is 1. The van der Waals surface area contributed by atoms with Crippen LogP contribution < -0.4 is 11.1 Å². The quantitative estimate of drug-likeness (QED) is 0.487. The molecule has 2 aliphatic heterocycles. The molecule has 5 heteroatoms. The van der Waals surface area contributed by atoms with Crippen LogP contribution in [0.15, 0.2) is 4.99 Å². The van der Waals surface area contributed by atoms with Crippen LogP contribution in [0.1, 0.15) is 12.8 Å². The van der Waals surface area contributed by atoms with E-state index in [1.54, 1.807) is 0 Å². The zero-order chi connectivity index (χ0) is 8.60. The van der Waals surface area contributed by atoms with Crippen LogP contribution in [-0.2, 0) is 9.53 Å². The number of aliphatic imine (C=N–C) groups is 1. The summed E-state index contributed by atoms with van der Waals surface area (Å²) in [5.41, 5.74) is 4.80. The van der Waals surface area contributed by atoms with Crippen molar-refractivity contribution in [2.75, 3.05) is 13.2 Å². The van der Waals surface area contributed by atoms with Gasteiger partial charge < -0.3 is 10.5 Å². The molecule has 2 heterocycles. The van der Waals surface area contributed by atoms with Crippen LogP contribution in [0.5, 0.6) is 0 Å². The van der Waals surface area contributed by atoms with E-state index in [4.69, 9.17) is 10.5 Å². The molecular formula is C7H11N3O2. The van der Waals surface area contributed by atoms with Gasteiger partial charge in [0.1, 0.15) is 5.54 Å². The molecule has 0 aromatic carbocycles. The molecule has 1 spiro atoms. The average Bonchev–Trinajstić information content (AvgIpc) is 2.29. The molecule has 2 rings (SSSR count). The van der Waals surface area contributed by atoms with E-state index in [1.165, 1.54) is 0 Å². The van der Waals surface area contributed by atoms with Crippen LogP contribution in [0.4, 0.5) is 0 Å². The van der Waals surface area contributed by atoms with E-state index in [0.29, 0.717) is 26.1 Å². The maximum atomic E-state index is 11.4. The molecule has 66 valence electrons. The molecule has 0 atom stereocenters. The van der Waals surface area contributed by atoms with Crippen LogP contribution in [0, 0.1) is 0 Å². The van der Waals surface area contributed by atoms with Crippen LogP contribution in [-0.4, -0.2) is 30.6 Å². The van der Waals surface area contributed by atoms with E-state index in [2.05, 4.69) is 10.3 Å². The van der Waals surface area contributed by atoms with E-state index in [-0.39, 0.29) is 11.9 Å². The molecule has 0 aromatic rings. The van der Waals surface area contributed by atoms with Crippen molar-refractivity contribution >= 4 is 11.9 Å². The summed E-state index contributed by atoms with van der Waals surface area (Å²) in [5.74, 6) is 0.158. The fourth-order valence-corrected chi connectivity index (χ4v) is 1.59. The molecule has 0 bridgehead atoms. The van der Waals surface area contributed by atoms with Crippen LogP contribution >= 0.6 is 0 Å². The van der Waals surface area contributed by atoms with Gasteiger partial charge in [-0.25, -0.2) is 4.99 Å². The van der Waals surface area contributed by atoms with Gasteiger partial charge in [0, 0.05) is 26.1 Å². The number of ether oxygens (including phenoxy) is 1. The second-order valence-corrected chi connectivity index (χ2v) is 3.10. The number of guanidine groups is 1. The second kappa shape index (κ2) is 2.45. The Kier molecular flexibility index (Phi) is 1.54. The van der Waals surface area contributed by atoms with Crippen LogP contribution in [0.25, 0.3) is 0 Å². The molecule has 5 nitrogen and oxygen atoms in total. The maximum absolute atomic E-state index is 11.4. The highest BCUT2D eigenvalue weighted by atomic mass is 16.5. The minimum atomic E-state index is -0.609. The summed E-state index contributed by atoms with van der Waals surface area (Å²) in [4.78, 5) is 15.5. The molecule has 0 aliphatic carbocycles. The standard InChI is InChI=1S/C7H11N3O2/c8-6-9-5(11)7(10-6)1-3-12-4-2-7/h1-4H2,(H3,8,9,10,11). The van der Waals surface area contributed by atoms with Gasteiger partial charge in [0.25, 0.3) is 5.91 Å². The Morgan fingerprint density at radius 3 is 2.67 bits per heavy atom. The molecule has 1 saturated heterocycles. The van der Waals surface area contributed by atoms with Crippen molar-refractivity contribution in [1.82, 2.24) is 5.32 Å². The highest BCUT2D eigenvalue weighted by Crippen LogP contribution is 2.27. The summed E-state index contributed by atoms with van der Waals surface area (Å²) in [7, 11) is 0. The number of nitrogens with one attached hydrogen (secondary N) is 1. The zero-order valence-electron chi connectivity index (χ0n) is 6.67. The van der Waals surface area contributed by atoms with Crippen LogP contribution in [0.2, 0.25) is 0 Å². The number of amides is 1. The van der Waals surface area contributed by atoms with Crippen LogP contribution in [0.3, 0.4) is 0 Å². The van der Waals surface area contributed by atoms with Crippen molar-refractivity contribution in [3.8, 4) is 0 Å². The van der Waals surface area contributed by atoms with Gasteiger partial charge in [-0.05, 0) is 0 Å². The minimum absolute atomic E-state index is 0.0803. The van der Waals surface area contributed by atoms with Crippen molar-refractivity contribution in [3.63, 3.8) is 0 Å². The summed E-state index contributed by atoms with van der Waals surface area (Å²) in [6, 6.07) is 0. The number of rotatable bonds is 0. The first-order valence-corrected chi connectivity index (χ1v) is 3.97. The molecule has 2 aliphatic rings. The fourth-order valence-electron chi connectivity index (χ4n) is 1.59. The number of nitrogens with zero attached hydrogens (tertiary/aromatic N) is 1. The summed E-state index contributed by atoms with van der Waals surface area (Å²) in [5, 5.41) is 2.51. The Morgan fingerprint density at radius 2 is 2.17 bits per heavy atom. The third-order valence-corrected chi connectivity index (χ3v) is 2.32. The van der Waals surface area contributed by atoms with Crippen molar-refractivity contribution in [1.29, 1.82) is 0 Å². The molecule has 1 fully saturated rings. The highest BCUT2D eigenvalue weighted by molar-refractivity contribution is 6.06. The molecule has 0 unspecified atom stereocenters. The van der Waals surface area contributed by atoms with Crippen molar-refractivity contribution in [2.24, 2.45) is 10.7 Å². The Morgan fingerprint density at radius 1 is 1.50 bits per heavy atom. The molecule has 0 radical (unpaired) electrons. The second-order valence-electron chi connectivity index (χ2n) is 3.10. The maximum Gasteiger partial charge on any atom is 0.254 e. The van der Waals surface area contributed by atoms with Gasteiger partial charge in [0.2, 0.25) is 0 Å². The minimum Gasteiger partial charge on any atom is -0.381 e. The number of hydrogen-bond donors (Lipinski definition) is 2. The van der Waals surface area contributed by atoms with Gasteiger partial charge in [-0.1, -0.05) is 0 Å². The number of carbonyl (C=O) groups excluding carboxylic acids is 1. The first kappa shape index (κ1) is 7.54. The SMILES string of the molecule is NC1=NC2(CCOCC2)C(=O)N1. The molecule has 3 N–H and O–H groups in total. The average molecular weight is 169 g/mol. The Bertz CT molecular complexity index is 243. The third-order valence-electron chi connectivity index (χ3n) is 2.32. The lowest BCUT2D eigenvalue weighted by Crippen LogP contribution is -2.44. The fraction of sp³-hybridized carbons (Fsp3) is 0.714. The summed E-state index contributed by atoms with van der Waals surface area (Å²) < 4.78 is 5.15. The van der Waals surface area contributed by atoms with E-state index in [9.17, 15) is 4.79 Å². The lowest BCUT2D eigenvalue weighted by molar-refractivity contribution is -0.126. The Labute approximate surface area is 70.0 Å². The van der Waals surface area contributed by atoms with Gasteiger partial charge in [-0.3, -0.25) is 10.1 Å². The van der Waals surface area contributed by atoms with Gasteiger partial charge in [-0.15, -0.1) is 0 Å². The number of nitrogens with two attached hydrogens (primary N) is 1. The van der Waals surface area contributed by atoms with E-state index >= 15 is 0 Å². The van der Waals surface area contributed by atoms with Crippen molar-refractivity contribution < 1.29 is 9.53 Å². The Balaban J connectivity index is 2.23. The van der Waals surface area contributed by atoms with Crippen molar-refractivity contribution in [3.05, 3.63) is 0 Å². The lowest BCUT2D eigenvalue weighted by Gasteiger charge is -2.27. The van der Waals surface area contributed by atoms with Gasteiger partial charge in [0.15, 0.2) is 5.96 Å². The summed E-state index contributed by atoms with van der Waals surface area (Å²) in [6.45, 7) is 1.18. The number of hydrogen-bond acceptors (Lipinski definition) is 4. The largest absolute Gasteiger partial charge is 0.381 e. The predicted molar refractivity (Wildman–Crippen MR) is 42.5 cm³/mol. The predicted octanol–water partition coefficient (Wildman–Crippen LogP) is -1.02. The molecule has 1 amide bonds. The van der Waals surface area contributed by atoms with E-state index in [0.717, 1.165) is 0 Å². The van der Waals surface area contributed by atoms with E-state index in [1.807, 2.05) is 0 Å². The van der Waals surface area contributed by atoms with Gasteiger partial charge in [0.05, 0.1) is 0 Å². The molecule has 0 saturated carbocycles. The summed E-state index contributed by atoms with van der Waals surface area (Å²) >= 11 is 0. The highest BCUT2D eigenvalue weighted by Gasteiger charge is 2.44. The molecule has 0 aromatic heterocycles. The molecular weight excluding hydrogens is 158 g/mol. The van der Waals surface area contributed by atoms with E-state index < -0.39 is 5.54 Å². The smallest absolute Gasteiger partial charge is 0.254 e. The third kappa shape index (κ3) is 0.972. The normalized spacial score (nSPS) is 27.0. The monoisotopic (exact) mass is 169 g/mol. The first-order valence-electron chi connectivity index (χ1n) is 3.97. The van der Waals surface area contributed by atoms with Crippen molar-refractivity contribution in [2.45, 2.75) is 18.4 Å². The topological polar surface area (TPSA) is 76.7 Å². The first-order chi connectivity index (χ1) is 5.73. The molecule has 12 heavy (non-hydrogen) atoms.